The molecular formula is C15H14ClN3O. The zero-order chi connectivity index (χ0) is 14.4. The molecule has 1 aromatic heterocycles. The highest BCUT2D eigenvalue weighted by Gasteiger charge is 2.10. The summed E-state index contributed by atoms with van der Waals surface area (Å²) in [6.07, 6.45) is 0.670. The average molecular weight is 288 g/mol. The minimum absolute atomic E-state index is 0.0267. The molecular weight excluding hydrogens is 274 g/mol. The van der Waals surface area contributed by atoms with Crippen molar-refractivity contribution in [3.05, 3.63) is 58.7 Å². The summed E-state index contributed by atoms with van der Waals surface area (Å²) in [5, 5.41) is 21.8. The first kappa shape index (κ1) is 14.3. The minimum Gasteiger partial charge on any atom is -0.394 e. The van der Waals surface area contributed by atoms with Gasteiger partial charge in [-0.2, -0.15) is 5.26 Å². The number of nitriles is 1. The van der Waals surface area contributed by atoms with Crippen molar-refractivity contribution in [2.24, 2.45) is 0 Å². The molecule has 0 fully saturated rings. The van der Waals surface area contributed by atoms with E-state index in [-0.39, 0.29) is 18.3 Å². The number of nitrogens with zero attached hydrogens (tertiary/aromatic N) is 2. The third-order valence-electron chi connectivity index (χ3n) is 2.85. The number of anilines is 1. The van der Waals surface area contributed by atoms with Gasteiger partial charge in [0.25, 0.3) is 0 Å². The van der Waals surface area contributed by atoms with Gasteiger partial charge >= 0.3 is 0 Å². The largest absolute Gasteiger partial charge is 0.394 e. The number of nitrogens with one attached hydrogen (secondary N) is 1. The summed E-state index contributed by atoms with van der Waals surface area (Å²) >= 11 is 5.83. The van der Waals surface area contributed by atoms with E-state index in [1.165, 1.54) is 0 Å². The lowest BCUT2D eigenvalue weighted by molar-refractivity contribution is 0.273. The highest BCUT2D eigenvalue weighted by Crippen LogP contribution is 2.17. The van der Waals surface area contributed by atoms with E-state index >= 15 is 0 Å². The Morgan fingerprint density at radius 1 is 1.25 bits per heavy atom. The first-order valence-electron chi connectivity index (χ1n) is 6.21. The van der Waals surface area contributed by atoms with Gasteiger partial charge in [-0.3, -0.25) is 0 Å². The lowest BCUT2D eigenvalue weighted by Gasteiger charge is -2.17. The quantitative estimate of drug-likeness (QED) is 0.887. The SMILES string of the molecule is N#Cc1nc(N[C@H](CO)Cc2ccccc2)ccc1Cl. The van der Waals surface area contributed by atoms with Crippen molar-refractivity contribution < 1.29 is 5.11 Å². The number of pyridine rings is 1. The second-order valence-corrected chi connectivity index (χ2v) is 4.76. The van der Waals surface area contributed by atoms with Gasteiger partial charge < -0.3 is 10.4 Å². The monoisotopic (exact) mass is 287 g/mol. The van der Waals surface area contributed by atoms with E-state index in [2.05, 4.69) is 10.3 Å². The number of hydrogen-bond donors (Lipinski definition) is 2. The topological polar surface area (TPSA) is 68.9 Å². The smallest absolute Gasteiger partial charge is 0.161 e. The van der Waals surface area contributed by atoms with Crippen molar-refractivity contribution in [1.29, 1.82) is 5.26 Å². The van der Waals surface area contributed by atoms with Crippen LogP contribution in [-0.2, 0) is 6.42 Å². The molecule has 2 N–H and O–H groups in total. The Balaban J connectivity index is 2.09. The van der Waals surface area contributed by atoms with Crippen LogP contribution < -0.4 is 5.32 Å². The summed E-state index contributed by atoms with van der Waals surface area (Å²) in [6.45, 7) is -0.0267. The Kier molecular flexibility index (Phi) is 4.94. The van der Waals surface area contributed by atoms with Crippen LogP contribution in [0.25, 0.3) is 0 Å². The number of halogens is 1. The minimum atomic E-state index is -0.169. The zero-order valence-corrected chi connectivity index (χ0v) is 11.5. The normalized spacial score (nSPS) is 11.7. The first-order chi connectivity index (χ1) is 9.72. The Morgan fingerprint density at radius 2 is 2.00 bits per heavy atom. The van der Waals surface area contributed by atoms with Crippen LogP contribution in [0, 0.1) is 11.3 Å². The van der Waals surface area contributed by atoms with Crippen molar-refractivity contribution in [2.45, 2.75) is 12.5 Å². The van der Waals surface area contributed by atoms with E-state index in [4.69, 9.17) is 16.9 Å². The second kappa shape index (κ2) is 6.90. The molecule has 0 aliphatic heterocycles. The molecule has 4 nitrogen and oxygen atoms in total. The molecule has 0 unspecified atom stereocenters. The fraction of sp³-hybridized carbons (Fsp3) is 0.200. The summed E-state index contributed by atoms with van der Waals surface area (Å²) in [6, 6.07) is 14.9. The molecule has 0 saturated carbocycles. The predicted octanol–water partition coefficient (Wildman–Crippen LogP) is 2.62. The van der Waals surface area contributed by atoms with Crippen molar-refractivity contribution in [3.63, 3.8) is 0 Å². The lowest BCUT2D eigenvalue weighted by Crippen LogP contribution is -2.26. The number of aliphatic hydroxyl groups excluding tert-OH is 1. The maximum absolute atomic E-state index is 9.45. The summed E-state index contributed by atoms with van der Waals surface area (Å²) in [4.78, 5) is 4.10. The fourth-order valence-electron chi connectivity index (χ4n) is 1.87. The van der Waals surface area contributed by atoms with Crippen LogP contribution in [0.5, 0.6) is 0 Å². The van der Waals surface area contributed by atoms with Crippen LogP contribution in [0.2, 0.25) is 5.02 Å². The summed E-state index contributed by atoms with van der Waals surface area (Å²) in [7, 11) is 0. The van der Waals surface area contributed by atoms with Gasteiger partial charge in [0.2, 0.25) is 0 Å². The number of benzene rings is 1. The Bertz CT molecular complexity index is 610. The Hall–Kier alpha value is -2.09. The zero-order valence-electron chi connectivity index (χ0n) is 10.8. The number of rotatable bonds is 5. The molecule has 0 aliphatic carbocycles. The summed E-state index contributed by atoms with van der Waals surface area (Å²) in [5.41, 5.74) is 1.29. The third kappa shape index (κ3) is 3.70. The van der Waals surface area contributed by atoms with Crippen LogP contribution in [0.3, 0.4) is 0 Å². The van der Waals surface area contributed by atoms with Crippen LogP contribution in [0.4, 0.5) is 5.82 Å². The van der Waals surface area contributed by atoms with Crippen molar-refractivity contribution in [2.75, 3.05) is 11.9 Å². The molecule has 1 heterocycles. The molecule has 0 bridgehead atoms. The summed E-state index contributed by atoms with van der Waals surface area (Å²) in [5.74, 6) is 0.529. The molecule has 0 saturated heterocycles. The second-order valence-electron chi connectivity index (χ2n) is 4.35. The van der Waals surface area contributed by atoms with Crippen LogP contribution >= 0.6 is 11.6 Å². The van der Waals surface area contributed by atoms with Gasteiger partial charge in [-0.15, -0.1) is 0 Å². The molecule has 0 aliphatic rings. The Labute approximate surface area is 122 Å². The molecule has 2 rings (SSSR count). The van der Waals surface area contributed by atoms with Gasteiger partial charge in [-0.25, -0.2) is 4.98 Å². The standard InChI is InChI=1S/C15H14ClN3O/c16-13-6-7-15(19-14(13)9-17)18-12(10-20)8-11-4-2-1-3-5-11/h1-7,12,20H,8,10H2,(H,18,19)/t12-/m0/s1. The average Bonchev–Trinajstić information content (AvgIpc) is 2.49. The van der Waals surface area contributed by atoms with E-state index in [9.17, 15) is 5.11 Å². The van der Waals surface area contributed by atoms with Crippen molar-refractivity contribution in [3.8, 4) is 6.07 Å². The first-order valence-corrected chi connectivity index (χ1v) is 6.58. The van der Waals surface area contributed by atoms with Gasteiger partial charge in [0.1, 0.15) is 11.9 Å². The van der Waals surface area contributed by atoms with Crippen LogP contribution in [0.15, 0.2) is 42.5 Å². The molecule has 1 aromatic carbocycles. The van der Waals surface area contributed by atoms with Crippen molar-refractivity contribution >= 4 is 17.4 Å². The van der Waals surface area contributed by atoms with Crippen LogP contribution in [-0.4, -0.2) is 22.7 Å². The maximum atomic E-state index is 9.45. The number of aromatic nitrogens is 1. The fourth-order valence-corrected chi connectivity index (χ4v) is 2.02. The summed E-state index contributed by atoms with van der Waals surface area (Å²) < 4.78 is 0. The highest BCUT2D eigenvalue weighted by atomic mass is 35.5. The van der Waals surface area contributed by atoms with Gasteiger partial charge in [0.15, 0.2) is 5.69 Å². The van der Waals surface area contributed by atoms with E-state index in [0.717, 1.165) is 5.56 Å². The molecule has 5 heteroatoms. The maximum Gasteiger partial charge on any atom is 0.161 e. The lowest BCUT2D eigenvalue weighted by atomic mass is 10.1. The highest BCUT2D eigenvalue weighted by molar-refractivity contribution is 6.31. The van der Waals surface area contributed by atoms with Gasteiger partial charge in [-0.1, -0.05) is 41.9 Å². The molecule has 0 amide bonds. The molecule has 0 radical (unpaired) electrons. The van der Waals surface area contributed by atoms with Crippen molar-refractivity contribution in [1.82, 2.24) is 4.98 Å². The molecule has 102 valence electrons. The molecule has 2 aromatic rings. The molecule has 0 spiro atoms. The molecule has 20 heavy (non-hydrogen) atoms. The number of aliphatic hydroxyl groups is 1. The number of hydrogen-bond acceptors (Lipinski definition) is 4. The third-order valence-corrected chi connectivity index (χ3v) is 3.15. The predicted molar refractivity (Wildman–Crippen MR) is 78.6 cm³/mol. The van der Waals surface area contributed by atoms with Crippen LogP contribution in [0.1, 0.15) is 11.3 Å². The van der Waals surface area contributed by atoms with E-state index in [1.54, 1.807) is 12.1 Å². The van der Waals surface area contributed by atoms with Gasteiger partial charge in [0.05, 0.1) is 17.7 Å². The molecule has 1 atom stereocenters. The van der Waals surface area contributed by atoms with Gasteiger partial charge in [-0.05, 0) is 24.1 Å². The van der Waals surface area contributed by atoms with E-state index < -0.39 is 0 Å². The van der Waals surface area contributed by atoms with E-state index in [1.807, 2.05) is 36.4 Å². The van der Waals surface area contributed by atoms with Gasteiger partial charge in [0, 0.05) is 0 Å². The van der Waals surface area contributed by atoms with E-state index in [0.29, 0.717) is 17.3 Å². The Morgan fingerprint density at radius 3 is 2.65 bits per heavy atom.